The first-order valence-electron chi connectivity index (χ1n) is 9.05. The highest BCUT2D eigenvalue weighted by molar-refractivity contribution is 9.10. The van der Waals surface area contributed by atoms with Crippen LogP contribution in [0.3, 0.4) is 0 Å². The number of nitrogens with zero attached hydrogens (tertiary/aromatic N) is 4. The average Bonchev–Trinajstić information content (AvgIpc) is 3.30. The number of hydrogen-bond acceptors (Lipinski definition) is 4. The Morgan fingerprint density at radius 3 is 3.00 bits per heavy atom. The molecule has 28 heavy (non-hydrogen) atoms. The van der Waals surface area contributed by atoms with E-state index in [0.29, 0.717) is 47.0 Å². The van der Waals surface area contributed by atoms with Gasteiger partial charge in [0.1, 0.15) is 11.6 Å². The number of aromatic nitrogens is 5. The molecule has 2 N–H and O–H groups in total. The summed E-state index contributed by atoms with van der Waals surface area (Å²) in [6.45, 7) is 0.392. The highest BCUT2D eigenvalue weighted by Crippen LogP contribution is 2.38. The van der Waals surface area contributed by atoms with E-state index in [1.54, 1.807) is 22.8 Å². The SMILES string of the molecule is O=C(NCCc1nc2ccc(F)cc2[nH]1)c1cc(Br)cn2nc(C3CC3)nc12. The molecule has 1 aliphatic carbocycles. The van der Waals surface area contributed by atoms with Gasteiger partial charge in [0.25, 0.3) is 5.91 Å². The Morgan fingerprint density at radius 2 is 2.18 bits per heavy atom. The summed E-state index contributed by atoms with van der Waals surface area (Å²) in [6, 6.07) is 6.16. The molecule has 1 aromatic carbocycles. The van der Waals surface area contributed by atoms with Gasteiger partial charge in [0.2, 0.25) is 0 Å². The van der Waals surface area contributed by atoms with E-state index in [1.165, 1.54) is 12.1 Å². The molecule has 0 radical (unpaired) electrons. The summed E-state index contributed by atoms with van der Waals surface area (Å²) in [7, 11) is 0. The van der Waals surface area contributed by atoms with Gasteiger partial charge in [0.05, 0.1) is 16.6 Å². The number of H-pyrrole nitrogens is 1. The van der Waals surface area contributed by atoms with E-state index < -0.39 is 0 Å². The summed E-state index contributed by atoms with van der Waals surface area (Å²) >= 11 is 3.43. The lowest BCUT2D eigenvalue weighted by atomic mass is 10.2. The Morgan fingerprint density at radius 1 is 1.32 bits per heavy atom. The summed E-state index contributed by atoms with van der Waals surface area (Å²) in [5.74, 6) is 1.37. The van der Waals surface area contributed by atoms with E-state index in [2.05, 4.69) is 41.3 Å². The number of imidazole rings is 1. The van der Waals surface area contributed by atoms with Crippen molar-refractivity contribution < 1.29 is 9.18 Å². The molecule has 0 aliphatic heterocycles. The first kappa shape index (κ1) is 17.3. The quantitative estimate of drug-likeness (QED) is 0.495. The molecular weight excluding hydrogens is 427 g/mol. The van der Waals surface area contributed by atoms with Gasteiger partial charge in [-0.1, -0.05) is 0 Å². The summed E-state index contributed by atoms with van der Waals surface area (Å²) in [6.07, 6.45) is 4.51. The molecule has 9 heteroatoms. The predicted octanol–water partition coefficient (Wildman–Crippen LogP) is 3.36. The number of carbonyl (C=O) groups excluding carboxylic acids is 1. The third-order valence-corrected chi connectivity index (χ3v) is 5.18. The van der Waals surface area contributed by atoms with Crippen molar-refractivity contribution in [3.63, 3.8) is 0 Å². The van der Waals surface area contributed by atoms with Crippen LogP contribution in [0.5, 0.6) is 0 Å². The monoisotopic (exact) mass is 442 g/mol. The van der Waals surface area contributed by atoms with Crippen molar-refractivity contribution in [1.82, 2.24) is 29.9 Å². The van der Waals surface area contributed by atoms with E-state index in [9.17, 15) is 9.18 Å². The van der Waals surface area contributed by atoms with E-state index in [0.717, 1.165) is 23.1 Å². The van der Waals surface area contributed by atoms with Crippen LogP contribution in [0.4, 0.5) is 4.39 Å². The fourth-order valence-electron chi connectivity index (χ4n) is 3.19. The second-order valence-corrected chi connectivity index (χ2v) is 7.85. The summed E-state index contributed by atoms with van der Waals surface area (Å²) < 4.78 is 15.7. The first-order chi connectivity index (χ1) is 13.6. The van der Waals surface area contributed by atoms with Crippen LogP contribution < -0.4 is 5.32 Å². The van der Waals surface area contributed by atoms with Gasteiger partial charge in [0, 0.05) is 29.6 Å². The van der Waals surface area contributed by atoms with Crippen LogP contribution >= 0.6 is 15.9 Å². The number of amides is 1. The van der Waals surface area contributed by atoms with Crippen molar-refractivity contribution in [2.24, 2.45) is 0 Å². The normalized spacial score (nSPS) is 14.1. The van der Waals surface area contributed by atoms with Crippen LogP contribution in [0.15, 0.2) is 34.9 Å². The fraction of sp³-hybridized carbons (Fsp3) is 0.263. The maximum absolute atomic E-state index is 13.3. The van der Waals surface area contributed by atoms with Crippen LogP contribution in [0, 0.1) is 5.82 Å². The van der Waals surface area contributed by atoms with Gasteiger partial charge in [-0.3, -0.25) is 4.79 Å². The molecule has 0 spiro atoms. The number of rotatable bonds is 5. The van der Waals surface area contributed by atoms with Crippen molar-refractivity contribution in [2.75, 3.05) is 6.54 Å². The topological polar surface area (TPSA) is 88.0 Å². The highest BCUT2D eigenvalue weighted by atomic mass is 79.9. The lowest BCUT2D eigenvalue weighted by molar-refractivity contribution is 0.0955. The van der Waals surface area contributed by atoms with Crippen LogP contribution in [-0.2, 0) is 6.42 Å². The Balaban J connectivity index is 1.32. The minimum absolute atomic E-state index is 0.219. The highest BCUT2D eigenvalue weighted by Gasteiger charge is 2.29. The van der Waals surface area contributed by atoms with E-state index in [-0.39, 0.29) is 11.7 Å². The molecule has 5 rings (SSSR count). The second-order valence-electron chi connectivity index (χ2n) is 6.94. The standard InChI is InChI=1S/C19H16BrFN6O/c20-11-7-13(18-25-17(10-1-2-10)26-27(18)9-11)19(28)22-6-5-16-23-14-4-3-12(21)8-15(14)24-16/h3-4,7-10H,1-2,5-6H2,(H,22,28)(H,23,24). The molecule has 7 nitrogen and oxygen atoms in total. The molecular formula is C19H16BrFN6O. The smallest absolute Gasteiger partial charge is 0.255 e. The van der Waals surface area contributed by atoms with Crippen LogP contribution in [0.1, 0.15) is 40.8 Å². The summed E-state index contributed by atoms with van der Waals surface area (Å²) in [4.78, 5) is 24.8. The molecule has 0 unspecified atom stereocenters. The molecule has 1 fully saturated rings. The fourth-order valence-corrected chi connectivity index (χ4v) is 3.62. The predicted molar refractivity (Wildman–Crippen MR) is 105 cm³/mol. The van der Waals surface area contributed by atoms with Gasteiger partial charge in [0.15, 0.2) is 11.5 Å². The third-order valence-electron chi connectivity index (χ3n) is 4.74. The number of carbonyl (C=O) groups is 1. The number of pyridine rings is 1. The van der Waals surface area contributed by atoms with Crippen LogP contribution in [0.25, 0.3) is 16.7 Å². The van der Waals surface area contributed by atoms with Crippen molar-refractivity contribution >= 4 is 38.5 Å². The zero-order valence-electron chi connectivity index (χ0n) is 14.7. The Labute approximate surface area is 167 Å². The lowest BCUT2D eigenvalue weighted by Crippen LogP contribution is -2.26. The minimum atomic E-state index is -0.312. The number of aromatic amines is 1. The molecule has 0 bridgehead atoms. The van der Waals surface area contributed by atoms with Crippen LogP contribution in [-0.4, -0.2) is 37.0 Å². The molecule has 0 atom stereocenters. The molecule has 3 heterocycles. The molecule has 1 saturated carbocycles. The number of halogens is 2. The Hall–Kier alpha value is -2.81. The number of benzene rings is 1. The molecule has 0 saturated heterocycles. The van der Waals surface area contributed by atoms with Crippen molar-refractivity contribution in [1.29, 1.82) is 0 Å². The van der Waals surface area contributed by atoms with E-state index in [1.807, 2.05) is 0 Å². The Bertz CT molecular complexity index is 1210. The van der Waals surface area contributed by atoms with Crippen molar-refractivity contribution in [3.05, 3.63) is 58.0 Å². The largest absolute Gasteiger partial charge is 0.351 e. The van der Waals surface area contributed by atoms with E-state index >= 15 is 0 Å². The van der Waals surface area contributed by atoms with Gasteiger partial charge in [-0.05, 0) is 53.0 Å². The number of nitrogens with one attached hydrogen (secondary N) is 2. The maximum atomic E-state index is 13.3. The van der Waals surface area contributed by atoms with Crippen LogP contribution in [0.2, 0.25) is 0 Å². The number of fused-ring (bicyclic) bond motifs is 2. The minimum Gasteiger partial charge on any atom is -0.351 e. The number of hydrogen-bond donors (Lipinski definition) is 2. The molecule has 142 valence electrons. The third kappa shape index (κ3) is 3.26. The second kappa shape index (κ2) is 6.66. The molecule has 4 aromatic rings. The van der Waals surface area contributed by atoms with Gasteiger partial charge in [-0.15, -0.1) is 0 Å². The molecule has 1 aliphatic rings. The van der Waals surface area contributed by atoms with Crippen molar-refractivity contribution in [2.45, 2.75) is 25.2 Å². The maximum Gasteiger partial charge on any atom is 0.255 e. The van der Waals surface area contributed by atoms with Gasteiger partial charge >= 0.3 is 0 Å². The van der Waals surface area contributed by atoms with E-state index in [4.69, 9.17) is 0 Å². The first-order valence-corrected chi connectivity index (χ1v) is 9.84. The van der Waals surface area contributed by atoms with Crippen molar-refractivity contribution in [3.8, 4) is 0 Å². The van der Waals surface area contributed by atoms with Gasteiger partial charge < -0.3 is 10.3 Å². The zero-order chi connectivity index (χ0) is 19.3. The summed E-state index contributed by atoms with van der Waals surface area (Å²) in [5, 5.41) is 7.39. The zero-order valence-corrected chi connectivity index (χ0v) is 16.3. The lowest BCUT2D eigenvalue weighted by Gasteiger charge is -2.06. The summed E-state index contributed by atoms with van der Waals surface area (Å²) in [5.41, 5.74) is 2.38. The molecule has 3 aromatic heterocycles. The Kier molecular flexibility index (Phi) is 4.12. The van der Waals surface area contributed by atoms with Gasteiger partial charge in [-0.25, -0.2) is 18.9 Å². The average molecular weight is 443 g/mol. The molecule has 1 amide bonds. The van der Waals surface area contributed by atoms with Gasteiger partial charge in [-0.2, -0.15) is 5.10 Å².